The third-order valence-corrected chi connectivity index (χ3v) is 2.63. The average molecular weight is 246 g/mol. The van der Waals surface area contributed by atoms with Crippen LogP contribution in [0.5, 0.6) is 0 Å². The minimum absolute atomic E-state index is 0.171. The Balaban J connectivity index is 2.53. The number of hydrogen-bond donors (Lipinski definition) is 0. The van der Waals surface area contributed by atoms with E-state index in [1.807, 2.05) is 32.0 Å². The van der Waals surface area contributed by atoms with Gasteiger partial charge in [0, 0.05) is 18.8 Å². The van der Waals surface area contributed by atoms with E-state index in [0.29, 0.717) is 13.0 Å². The average Bonchev–Trinajstić information content (AvgIpc) is 2.37. The molecule has 1 aromatic carbocycles. The fourth-order valence-corrected chi connectivity index (χ4v) is 1.71. The summed E-state index contributed by atoms with van der Waals surface area (Å²) in [5.74, 6) is -0.331. The Labute approximate surface area is 108 Å². The molecule has 0 N–H and O–H groups in total. The molecule has 4 nitrogen and oxygen atoms in total. The molecule has 0 unspecified atom stereocenters. The van der Waals surface area contributed by atoms with Crippen LogP contribution in [0.1, 0.15) is 18.9 Å². The Morgan fingerprint density at radius 2 is 2.28 bits per heavy atom. The number of hydrogen-bond acceptors (Lipinski definition) is 4. The molecule has 0 fully saturated rings. The molecule has 0 aliphatic heterocycles. The predicted octanol–water partition coefficient (Wildman–Crippen LogP) is 2.28. The van der Waals surface area contributed by atoms with E-state index >= 15 is 0 Å². The van der Waals surface area contributed by atoms with Gasteiger partial charge in [-0.15, -0.1) is 0 Å². The maximum atomic E-state index is 11.3. The van der Waals surface area contributed by atoms with Gasteiger partial charge in [-0.2, -0.15) is 5.26 Å². The van der Waals surface area contributed by atoms with Gasteiger partial charge in [-0.1, -0.05) is 12.1 Å². The van der Waals surface area contributed by atoms with Crippen molar-refractivity contribution in [1.29, 1.82) is 5.26 Å². The zero-order valence-electron chi connectivity index (χ0n) is 10.8. The smallest absolute Gasteiger partial charge is 0.308 e. The Morgan fingerprint density at radius 3 is 2.89 bits per heavy atom. The van der Waals surface area contributed by atoms with E-state index in [9.17, 15) is 4.79 Å². The Hall–Kier alpha value is -2.02. The topological polar surface area (TPSA) is 53.3 Å². The van der Waals surface area contributed by atoms with Gasteiger partial charge in [0.15, 0.2) is 6.61 Å². The van der Waals surface area contributed by atoms with Crippen LogP contribution in [-0.4, -0.2) is 25.7 Å². The molecule has 0 radical (unpaired) electrons. The van der Waals surface area contributed by atoms with Crippen LogP contribution in [0.3, 0.4) is 0 Å². The lowest BCUT2D eigenvalue weighted by atomic mass is 10.2. The molecule has 0 saturated heterocycles. The number of carbonyl (C=O) groups excluding carboxylic acids is 1. The zero-order chi connectivity index (χ0) is 13.4. The number of carbonyl (C=O) groups is 1. The van der Waals surface area contributed by atoms with Gasteiger partial charge in [-0.05, 0) is 31.5 Å². The lowest BCUT2D eigenvalue weighted by Gasteiger charge is -2.22. The van der Waals surface area contributed by atoms with Crippen molar-refractivity contribution in [2.45, 2.75) is 20.3 Å². The van der Waals surface area contributed by atoms with E-state index in [2.05, 4.69) is 11.0 Å². The van der Waals surface area contributed by atoms with Gasteiger partial charge in [0.25, 0.3) is 0 Å². The van der Waals surface area contributed by atoms with Crippen molar-refractivity contribution in [3.8, 4) is 6.07 Å². The molecule has 0 aliphatic carbocycles. The van der Waals surface area contributed by atoms with Crippen LogP contribution < -0.4 is 4.90 Å². The highest BCUT2D eigenvalue weighted by Gasteiger charge is 2.08. The SMILES string of the molecule is CCN(CCC(=O)OCC#N)c1cccc(C)c1. The van der Waals surface area contributed by atoms with E-state index in [1.165, 1.54) is 5.56 Å². The summed E-state index contributed by atoms with van der Waals surface area (Å²) >= 11 is 0. The molecule has 0 atom stereocenters. The molecule has 0 aromatic heterocycles. The monoisotopic (exact) mass is 246 g/mol. The summed E-state index contributed by atoms with van der Waals surface area (Å²) < 4.78 is 4.72. The van der Waals surface area contributed by atoms with Crippen LogP contribution >= 0.6 is 0 Å². The first-order valence-electron chi connectivity index (χ1n) is 6.01. The molecule has 0 spiro atoms. The highest BCUT2D eigenvalue weighted by atomic mass is 16.5. The van der Waals surface area contributed by atoms with Gasteiger partial charge in [-0.3, -0.25) is 4.79 Å². The second kappa shape index (κ2) is 7.33. The van der Waals surface area contributed by atoms with Crippen LogP contribution in [-0.2, 0) is 9.53 Å². The molecule has 0 aliphatic rings. The number of anilines is 1. The van der Waals surface area contributed by atoms with Gasteiger partial charge in [0.1, 0.15) is 6.07 Å². The normalized spacial score (nSPS) is 9.61. The fraction of sp³-hybridized carbons (Fsp3) is 0.429. The van der Waals surface area contributed by atoms with Crippen molar-refractivity contribution in [3.63, 3.8) is 0 Å². The molecule has 96 valence electrons. The van der Waals surface area contributed by atoms with Crippen molar-refractivity contribution in [1.82, 2.24) is 0 Å². The van der Waals surface area contributed by atoms with Crippen molar-refractivity contribution in [3.05, 3.63) is 29.8 Å². The minimum atomic E-state index is -0.331. The van der Waals surface area contributed by atoms with Crippen LogP contribution in [0.25, 0.3) is 0 Å². The number of nitrogens with zero attached hydrogens (tertiary/aromatic N) is 2. The summed E-state index contributed by atoms with van der Waals surface area (Å²) in [6.45, 7) is 5.34. The molecule has 4 heteroatoms. The van der Waals surface area contributed by atoms with Crippen LogP contribution in [0.2, 0.25) is 0 Å². The van der Waals surface area contributed by atoms with E-state index in [1.54, 1.807) is 6.07 Å². The summed E-state index contributed by atoms with van der Waals surface area (Å²) in [6, 6.07) is 9.94. The Bertz CT molecular complexity index is 438. The third-order valence-electron chi connectivity index (χ3n) is 2.63. The van der Waals surface area contributed by atoms with Gasteiger partial charge in [0.05, 0.1) is 6.42 Å². The molecule has 1 aromatic rings. The standard InChI is InChI=1S/C14H18N2O2/c1-3-16(9-7-14(17)18-10-8-15)13-6-4-5-12(2)11-13/h4-6,11H,3,7,9-10H2,1-2H3. The molecule has 0 heterocycles. The first kappa shape index (κ1) is 14.0. The van der Waals surface area contributed by atoms with Crippen molar-refractivity contribution < 1.29 is 9.53 Å². The molecule has 0 bridgehead atoms. The summed E-state index contributed by atoms with van der Waals surface area (Å²) in [7, 11) is 0. The summed E-state index contributed by atoms with van der Waals surface area (Å²) in [5, 5.41) is 8.31. The van der Waals surface area contributed by atoms with E-state index in [0.717, 1.165) is 12.2 Å². The van der Waals surface area contributed by atoms with Crippen molar-refractivity contribution in [2.24, 2.45) is 0 Å². The number of esters is 1. The van der Waals surface area contributed by atoms with Gasteiger partial charge >= 0.3 is 5.97 Å². The number of rotatable bonds is 6. The molecule has 0 amide bonds. The predicted molar refractivity (Wildman–Crippen MR) is 70.3 cm³/mol. The maximum Gasteiger partial charge on any atom is 0.308 e. The van der Waals surface area contributed by atoms with Crippen molar-refractivity contribution in [2.75, 3.05) is 24.6 Å². The lowest BCUT2D eigenvalue weighted by Crippen LogP contribution is -2.26. The molecule has 1 rings (SSSR count). The first-order chi connectivity index (χ1) is 8.67. The number of aryl methyl sites for hydroxylation is 1. The van der Waals surface area contributed by atoms with Crippen molar-refractivity contribution >= 4 is 11.7 Å². The summed E-state index contributed by atoms with van der Waals surface area (Å²) in [5.41, 5.74) is 2.29. The second-order valence-corrected chi connectivity index (χ2v) is 3.99. The molecule has 18 heavy (non-hydrogen) atoms. The highest BCUT2D eigenvalue weighted by molar-refractivity contribution is 5.70. The summed E-state index contributed by atoms with van der Waals surface area (Å²) in [4.78, 5) is 13.4. The number of nitriles is 1. The zero-order valence-corrected chi connectivity index (χ0v) is 10.8. The van der Waals surface area contributed by atoms with Crippen LogP contribution in [0.15, 0.2) is 24.3 Å². The van der Waals surface area contributed by atoms with E-state index in [4.69, 9.17) is 10.00 Å². The summed E-state index contributed by atoms with van der Waals surface area (Å²) in [6.07, 6.45) is 0.295. The molecular weight excluding hydrogens is 228 g/mol. The minimum Gasteiger partial charge on any atom is -0.450 e. The Morgan fingerprint density at radius 1 is 1.50 bits per heavy atom. The van der Waals surface area contributed by atoms with E-state index < -0.39 is 0 Å². The van der Waals surface area contributed by atoms with Gasteiger partial charge < -0.3 is 9.64 Å². The van der Waals surface area contributed by atoms with Gasteiger partial charge in [0.2, 0.25) is 0 Å². The number of ether oxygens (including phenoxy) is 1. The van der Waals surface area contributed by atoms with E-state index in [-0.39, 0.29) is 12.6 Å². The quantitative estimate of drug-likeness (QED) is 0.723. The maximum absolute atomic E-state index is 11.3. The van der Waals surface area contributed by atoms with Crippen LogP contribution in [0, 0.1) is 18.3 Å². The first-order valence-corrected chi connectivity index (χ1v) is 6.01. The second-order valence-electron chi connectivity index (χ2n) is 3.99. The van der Waals surface area contributed by atoms with Crippen LogP contribution in [0.4, 0.5) is 5.69 Å². The molecular formula is C14H18N2O2. The van der Waals surface area contributed by atoms with Gasteiger partial charge in [-0.25, -0.2) is 0 Å². The Kier molecular flexibility index (Phi) is 5.72. The largest absolute Gasteiger partial charge is 0.450 e. The fourth-order valence-electron chi connectivity index (χ4n) is 1.71. The number of benzene rings is 1. The molecule has 0 saturated carbocycles. The lowest BCUT2D eigenvalue weighted by molar-refractivity contribution is -0.141. The third kappa shape index (κ3) is 4.46. The highest BCUT2D eigenvalue weighted by Crippen LogP contribution is 2.15.